The molecule has 2 unspecified atom stereocenters. The van der Waals surface area contributed by atoms with E-state index in [0.717, 1.165) is 55.1 Å². The molecular formula is C33H31ClFN3O5. The van der Waals surface area contributed by atoms with Gasteiger partial charge in [0.05, 0.1) is 48.5 Å². The number of imidazole rings is 1. The lowest BCUT2D eigenvalue weighted by Gasteiger charge is -2.28. The molecule has 0 bridgehead atoms. The summed E-state index contributed by atoms with van der Waals surface area (Å²) in [6.07, 6.45) is 1.17. The van der Waals surface area contributed by atoms with E-state index in [1.54, 1.807) is 25.1 Å². The molecule has 1 saturated carbocycles. The molecule has 4 aromatic rings. The highest BCUT2D eigenvalue weighted by atomic mass is 35.5. The quantitative estimate of drug-likeness (QED) is 0.244. The first kappa shape index (κ1) is 26.9. The molecular weight excluding hydrogens is 573 g/mol. The number of likely N-dealkylation sites (tertiary alicyclic amines) is 1. The Morgan fingerprint density at radius 3 is 2.67 bits per heavy atom. The van der Waals surface area contributed by atoms with Crippen molar-refractivity contribution < 1.29 is 28.1 Å². The van der Waals surface area contributed by atoms with Crippen molar-refractivity contribution in [2.75, 3.05) is 26.8 Å². The number of carbonyl (C=O) groups is 1. The number of ether oxygens (including phenoxy) is 4. The minimum Gasteiger partial charge on any atom is -0.465 e. The van der Waals surface area contributed by atoms with Gasteiger partial charge in [-0.05, 0) is 66.6 Å². The zero-order valence-electron chi connectivity index (χ0n) is 23.9. The summed E-state index contributed by atoms with van der Waals surface area (Å²) in [6, 6.07) is 16.0. The Bertz CT molecular complexity index is 1760. The van der Waals surface area contributed by atoms with Gasteiger partial charge < -0.3 is 23.5 Å². The standard InChI is InChI=1S/C33H31ClFN3O5/c1-33(24-8-7-19(34)13-25(24)35)42-28-5-3-4-21(31(28)43-33)30-22-15-37(16-23(22)30)17-29-36-26-9-6-18(32(39)40-2)12-27(26)38(29)14-20-10-11-41-20/h3-9,12-13,20,22-23,30H,10-11,14-17H2,1-2H3/t20-,22-,23+,30?,33?/m0/s1. The second-order valence-corrected chi connectivity index (χ2v) is 12.5. The molecule has 0 amide bonds. The highest BCUT2D eigenvalue weighted by Gasteiger charge is 2.58. The maximum Gasteiger partial charge on any atom is 0.337 e. The Labute approximate surface area is 253 Å². The van der Waals surface area contributed by atoms with Crippen LogP contribution in [0.4, 0.5) is 4.39 Å². The molecule has 1 aliphatic carbocycles. The van der Waals surface area contributed by atoms with Crippen LogP contribution in [0.2, 0.25) is 5.02 Å². The van der Waals surface area contributed by atoms with E-state index in [4.69, 9.17) is 35.5 Å². The van der Waals surface area contributed by atoms with E-state index >= 15 is 0 Å². The maximum absolute atomic E-state index is 14.8. The van der Waals surface area contributed by atoms with Gasteiger partial charge in [-0.1, -0.05) is 23.7 Å². The summed E-state index contributed by atoms with van der Waals surface area (Å²) in [6.45, 7) is 5.84. The van der Waals surface area contributed by atoms with Crippen LogP contribution in [0.25, 0.3) is 11.0 Å². The van der Waals surface area contributed by atoms with Gasteiger partial charge in [0.15, 0.2) is 11.5 Å². The third-order valence-corrected chi connectivity index (χ3v) is 9.69. The first-order valence-electron chi connectivity index (χ1n) is 14.7. The topological polar surface area (TPSA) is 75.0 Å². The van der Waals surface area contributed by atoms with Gasteiger partial charge in [0.2, 0.25) is 0 Å². The molecule has 43 heavy (non-hydrogen) atoms. The Morgan fingerprint density at radius 1 is 1.14 bits per heavy atom. The number of methoxy groups -OCH3 is 1. The van der Waals surface area contributed by atoms with Crippen molar-refractivity contribution in [3.63, 3.8) is 0 Å². The van der Waals surface area contributed by atoms with E-state index in [1.807, 2.05) is 24.3 Å². The normalized spacial score (nSPS) is 27.3. The first-order valence-corrected chi connectivity index (χ1v) is 15.1. The van der Waals surface area contributed by atoms with Gasteiger partial charge in [0.25, 0.3) is 5.79 Å². The molecule has 3 fully saturated rings. The van der Waals surface area contributed by atoms with Crippen LogP contribution in [0.1, 0.15) is 46.6 Å². The number of aromatic nitrogens is 2. The van der Waals surface area contributed by atoms with Crippen molar-refractivity contribution in [1.82, 2.24) is 14.5 Å². The average Bonchev–Trinajstić information content (AvgIpc) is 3.25. The number of halogens is 2. The van der Waals surface area contributed by atoms with Gasteiger partial charge >= 0.3 is 5.97 Å². The number of fused-ring (bicyclic) bond motifs is 3. The highest BCUT2D eigenvalue weighted by Crippen LogP contribution is 2.62. The Hall–Kier alpha value is -3.66. The van der Waals surface area contributed by atoms with Crippen LogP contribution >= 0.6 is 11.6 Å². The number of carbonyl (C=O) groups excluding carboxylic acids is 1. The fourth-order valence-corrected chi connectivity index (χ4v) is 7.31. The minimum absolute atomic E-state index is 0.156. The summed E-state index contributed by atoms with van der Waals surface area (Å²) in [4.78, 5) is 19.6. The molecule has 3 aromatic carbocycles. The molecule has 0 radical (unpaired) electrons. The summed E-state index contributed by atoms with van der Waals surface area (Å²) in [5.74, 6) is 1.58. The van der Waals surface area contributed by atoms with Crippen LogP contribution < -0.4 is 9.47 Å². The number of benzene rings is 3. The number of hydrogen-bond acceptors (Lipinski definition) is 7. The number of nitrogens with zero attached hydrogens (tertiary/aromatic N) is 3. The van der Waals surface area contributed by atoms with Gasteiger partial charge in [-0.25, -0.2) is 14.2 Å². The number of hydrogen-bond donors (Lipinski definition) is 0. The van der Waals surface area contributed by atoms with Gasteiger partial charge in [-0.15, -0.1) is 0 Å². The third kappa shape index (κ3) is 4.48. The van der Waals surface area contributed by atoms with Crippen molar-refractivity contribution in [3.05, 3.63) is 88.0 Å². The summed E-state index contributed by atoms with van der Waals surface area (Å²) >= 11 is 5.98. The van der Waals surface area contributed by atoms with E-state index < -0.39 is 11.6 Å². The van der Waals surface area contributed by atoms with Crippen LogP contribution in [-0.2, 0) is 28.4 Å². The van der Waals surface area contributed by atoms with Crippen molar-refractivity contribution in [2.24, 2.45) is 11.8 Å². The summed E-state index contributed by atoms with van der Waals surface area (Å²) < 4.78 is 40.3. The van der Waals surface area contributed by atoms with Crippen molar-refractivity contribution >= 4 is 28.6 Å². The molecule has 3 aliphatic heterocycles. The lowest BCUT2D eigenvalue weighted by Crippen LogP contribution is -2.33. The minimum atomic E-state index is -1.26. The van der Waals surface area contributed by atoms with Crippen molar-refractivity contribution in [3.8, 4) is 11.5 Å². The Kier molecular flexibility index (Phi) is 6.22. The highest BCUT2D eigenvalue weighted by molar-refractivity contribution is 6.30. The average molecular weight is 604 g/mol. The van der Waals surface area contributed by atoms with Crippen LogP contribution in [0.15, 0.2) is 54.6 Å². The second kappa shape index (κ2) is 9.94. The molecule has 10 heteroatoms. The molecule has 1 aromatic heterocycles. The van der Waals surface area contributed by atoms with Crippen LogP contribution in [0, 0.1) is 17.7 Å². The lowest BCUT2D eigenvalue weighted by molar-refractivity contribution is -0.0710. The molecule has 0 N–H and O–H groups in total. The third-order valence-electron chi connectivity index (χ3n) is 9.45. The summed E-state index contributed by atoms with van der Waals surface area (Å²) in [5.41, 5.74) is 3.73. The number of esters is 1. The van der Waals surface area contributed by atoms with Gasteiger partial charge in [-0.2, -0.15) is 0 Å². The second-order valence-electron chi connectivity index (χ2n) is 12.1. The molecule has 222 valence electrons. The molecule has 4 aliphatic rings. The van der Waals surface area contributed by atoms with E-state index in [-0.39, 0.29) is 12.1 Å². The lowest BCUT2D eigenvalue weighted by atomic mass is 10.0. The van der Waals surface area contributed by atoms with E-state index in [1.165, 1.54) is 13.2 Å². The Balaban J connectivity index is 1.00. The predicted octanol–water partition coefficient (Wildman–Crippen LogP) is 5.89. The van der Waals surface area contributed by atoms with E-state index in [2.05, 4.69) is 15.5 Å². The molecule has 5 atom stereocenters. The molecule has 2 saturated heterocycles. The molecule has 8 nitrogen and oxygen atoms in total. The van der Waals surface area contributed by atoms with Crippen molar-refractivity contribution in [1.29, 1.82) is 0 Å². The zero-order chi connectivity index (χ0) is 29.5. The number of rotatable bonds is 7. The zero-order valence-corrected chi connectivity index (χ0v) is 24.6. The molecule has 0 spiro atoms. The summed E-state index contributed by atoms with van der Waals surface area (Å²) in [5, 5.41) is 0.328. The van der Waals surface area contributed by atoms with Crippen molar-refractivity contribution in [2.45, 2.75) is 44.2 Å². The first-order chi connectivity index (χ1) is 20.8. The molecule has 4 heterocycles. The van der Waals surface area contributed by atoms with Gasteiger partial charge in [0.1, 0.15) is 11.6 Å². The SMILES string of the molecule is COC(=O)c1ccc2nc(CN3C[C@@H]4C(c5cccc6c5OC(C)(c5ccc(Cl)cc5F)O6)[C@@H]4C3)n(C[C@@H]3CCO3)c2c1. The largest absolute Gasteiger partial charge is 0.465 e. The maximum atomic E-state index is 14.8. The van der Waals surface area contributed by atoms with Crippen LogP contribution in [0.5, 0.6) is 11.5 Å². The Morgan fingerprint density at radius 2 is 1.95 bits per heavy atom. The fraction of sp³-hybridized carbons (Fsp3) is 0.394. The predicted molar refractivity (Wildman–Crippen MR) is 157 cm³/mol. The smallest absolute Gasteiger partial charge is 0.337 e. The fourth-order valence-electron chi connectivity index (χ4n) is 7.16. The van der Waals surface area contributed by atoms with Crippen LogP contribution in [-0.4, -0.2) is 53.3 Å². The van der Waals surface area contributed by atoms with Crippen LogP contribution in [0.3, 0.4) is 0 Å². The molecule has 8 rings (SSSR count). The monoisotopic (exact) mass is 603 g/mol. The van der Waals surface area contributed by atoms with Gasteiger partial charge in [-0.3, -0.25) is 4.90 Å². The van der Waals surface area contributed by atoms with Gasteiger partial charge in [0, 0.05) is 37.2 Å². The number of para-hydroxylation sites is 1. The number of piperidine rings is 1. The van der Waals surface area contributed by atoms with E-state index in [0.29, 0.717) is 51.9 Å². The van der Waals surface area contributed by atoms with E-state index in [9.17, 15) is 9.18 Å². The summed E-state index contributed by atoms with van der Waals surface area (Å²) in [7, 11) is 1.39.